The maximum absolute atomic E-state index is 12.8. The van der Waals surface area contributed by atoms with Crippen LogP contribution >= 0.6 is 0 Å². The van der Waals surface area contributed by atoms with Gasteiger partial charge in [-0.25, -0.2) is 17.5 Å². The SMILES string of the molecule is CC(O)(CNS(=O)(=O)CCCF)c1ccc(F)cc1. The highest BCUT2D eigenvalue weighted by Gasteiger charge is 2.25. The molecule has 7 heteroatoms. The first kappa shape index (κ1) is 16.0. The largest absolute Gasteiger partial charge is 0.384 e. The monoisotopic (exact) mass is 293 g/mol. The van der Waals surface area contributed by atoms with E-state index in [2.05, 4.69) is 4.72 Å². The molecule has 1 aromatic rings. The normalized spacial score (nSPS) is 15.2. The molecule has 0 amide bonds. The molecule has 4 nitrogen and oxygen atoms in total. The van der Waals surface area contributed by atoms with Crippen LogP contribution in [0.2, 0.25) is 0 Å². The van der Waals surface area contributed by atoms with Crippen molar-refractivity contribution in [3.05, 3.63) is 35.6 Å². The first-order chi connectivity index (χ1) is 8.77. The highest BCUT2D eigenvalue weighted by Crippen LogP contribution is 2.20. The number of aliphatic hydroxyl groups is 1. The molecule has 0 spiro atoms. The number of hydrogen-bond donors (Lipinski definition) is 2. The Balaban J connectivity index is 2.67. The van der Waals surface area contributed by atoms with Crippen molar-refractivity contribution in [2.24, 2.45) is 0 Å². The van der Waals surface area contributed by atoms with Crippen LogP contribution in [0.15, 0.2) is 24.3 Å². The van der Waals surface area contributed by atoms with Gasteiger partial charge >= 0.3 is 0 Å². The van der Waals surface area contributed by atoms with Gasteiger partial charge in [0, 0.05) is 6.54 Å². The number of sulfonamides is 1. The van der Waals surface area contributed by atoms with E-state index in [0.29, 0.717) is 5.56 Å². The molecule has 2 N–H and O–H groups in total. The van der Waals surface area contributed by atoms with Crippen LogP contribution in [-0.4, -0.2) is 32.5 Å². The lowest BCUT2D eigenvalue weighted by atomic mass is 9.96. The first-order valence-corrected chi connectivity index (χ1v) is 7.44. The van der Waals surface area contributed by atoms with Crippen LogP contribution < -0.4 is 4.72 Å². The van der Waals surface area contributed by atoms with Gasteiger partial charge in [-0.15, -0.1) is 0 Å². The van der Waals surface area contributed by atoms with E-state index >= 15 is 0 Å². The third kappa shape index (κ3) is 5.22. The molecule has 0 saturated heterocycles. The van der Waals surface area contributed by atoms with E-state index in [9.17, 15) is 22.3 Å². The van der Waals surface area contributed by atoms with Gasteiger partial charge in [0.25, 0.3) is 0 Å². The molecular weight excluding hydrogens is 276 g/mol. The topological polar surface area (TPSA) is 66.4 Å². The zero-order valence-electron chi connectivity index (χ0n) is 10.6. The molecule has 0 aliphatic rings. The Morgan fingerprint density at radius 3 is 2.42 bits per heavy atom. The summed E-state index contributed by atoms with van der Waals surface area (Å²) in [5, 5.41) is 10.1. The summed E-state index contributed by atoms with van der Waals surface area (Å²) in [7, 11) is -3.62. The fourth-order valence-electron chi connectivity index (χ4n) is 1.48. The molecule has 0 saturated carbocycles. The number of rotatable bonds is 7. The number of benzene rings is 1. The van der Waals surface area contributed by atoms with Crippen LogP contribution in [0.25, 0.3) is 0 Å². The van der Waals surface area contributed by atoms with Gasteiger partial charge in [0.2, 0.25) is 10.0 Å². The number of halogens is 2. The van der Waals surface area contributed by atoms with Gasteiger partial charge in [0.1, 0.15) is 11.4 Å². The Bertz CT molecular complexity index is 500. The summed E-state index contributed by atoms with van der Waals surface area (Å²) in [4.78, 5) is 0. The molecule has 19 heavy (non-hydrogen) atoms. The lowest BCUT2D eigenvalue weighted by Crippen LogP contribution is -2.39. The Labute approximate surface area is 111 Å². The minimum absolute atomic E-state index is 0.0893. The summed E-state index contributed by atoms with van der Waals surface area (Å²) in [5.41, 5.74) is -1.07. The van der Waals surface area contributed by atoms with E-state index in [1.54, 1.807) is 0 Å². The number of alkyl halides is 1. The molecule has 0 aliphatic heterocycles. The van der Waals surface area contributed by atoms with E-state index in [1.165, 1.54) is 31.2 Å². The third-order valence-electron chi connectivity index (χ3n) is 2.65. The standard InChI is InChI=1S/C12H17F2NO3S/c1-12(16,10-3-5-11(14)6-4-10)9-15-19(17,18)8-2-7-13/h3-6,15-16H,2,7-9H2,1H3. The van der Waals surface area contributed by atoms with Gasteiger partial charge in [0.15, 0.2) is 0 Å². The van der Waals surface area contributed by atoms with Crippen LogP contribution in [0.3, 0.4) is 0 Å². The van der Waals surface area contributed by atoms with Gasteiger partial charge in [0.05, 0.1) is 12.4 Å². The minimum atomic E-state index is -3.62. The average molecular weight is 293 g/mol. The average Bonchev–Trinajstić information content (AvgIpc) is 2.35. The summed E-state index contributed by atoms with van der Waals surface area (Å²) in [5.74, 6) is -0.772. The maximum Gasteiger partial charge on any atom is 0.211 e. The van der Waals surface area contributed by atoms with E-state index in [0.717, 1.165) is 0 Å². The predicted molar refractivity (Wildman–Crippen MR) is 68.4 cm³/mol. The van der Waals surface area contributed by atoms with Crippen molar-refractivity contribution in [2.75, 3.05) is 19.0 Å². The van der Waals surface area contributed by atoms with E-state index in [1.807, 2.05) is 0 Å². The molecule has 0 radical (unpaired) electrons. The lowest BCUT2D eigenvalue weighted by Gasteiger charge is -2.24. The minimum Gasteiger partial charge on any atom is -0.384 e. The summed E-state index contributed by atoms with van der Waals surface area (Å²) < 4.78 is 49.8. The summed E-state index contributed by atoms with van der Waals surface area (Å²) in [6, 6.07) is 5.12. The molecule has 0 bridgehead atoms. The Hall–Kier alpha value is -1.05. The fourth-order valence-corrected chi connectivity index (χ4v) is 2.61. The highest BCUT2D eigenvalue weighted by molar-refractivity contribution is 7.89. The van der Waals surface area contributed by atoms with Crippen molar-refractivity contribution in [1.29, 1.82) is 0 Å². The van der Waals surface area contributed by atoms with Crippen LogP contribution in [0, 0.1) is 5.82 Å². The number of nitrogens with one attached hydrogen (secondary N) is 1. The van der Waals surface area contributed by atoms with E-state index in [4.69, 9.17) is 0 Å². The van der Waals surface area contributed by atoms with Gasteiger partial charge < -0.3 is 5.11 Å². The quantitative estimate of drug-likeness (QED) is 0.796. The van der Waals surface area contributed by atoms with Gasteiger partial charge in [-0.3, -0.25) is 4.39 Å². The van der Waals surface area contributed by atoms with E-state index < -0.39 is 28.1 Å². The smallest absolute Gasteiger partial charge is 0.211 e. The lowest BCUT2D eigenvalue weighted by molar-refractivity contribution is 0.0627. The zero-order chi connectivity index (χ0) is 14.5. The third-order valence-corrected chi connectivity index (χ3v) is 4.06. The molecule has 1 unspecified atom stereocenters. The molecule has 0 heterocycles. The van der Waals surface area contributed by atoms with Crippen molar-refractivity contribution < 1.29 is 22.3 Å². The van der Waals surface area contributed by atoms with Crippen molar-refractivity contribution in [3.63, 3.8) is 0 Å². The van der Waals surface area contributed by atoms with Gasteiger partial charge in [-0.2, -0.15) is 0 Å². The predicted octanol–water partition coefficient (Wildman–Crippen LogP) is 1.31. The molecular formula is C12H17F2NO3S. The second-order valence-corrected chi connectivity index (χ2v) is 6.39. The Morgan fingerprint density at radius 2 is 1.89 bits per heavy atom. The highest BCUT2D eigenvalue weighted by atomic mass is 32.2. The summed E-state index contributed by atoms with van der Waals surface area (Å²) in [6.45, 7) is 0.445. The zero-order valence-corrected chi connectivity index (χ0v) is 11.4. The molecule has 0 fully saturated rings. The van der Waals surface area contributed by atoms with Crippen LogP contribution in [0.1, 0.15) is 18.9 Å². The molecule has 1 rings (SSSR count). The Kier molecular flexibility index (Phi) is 5.39. The van der Waals surface area contributed by atoms with Gasteiger partial charge in [-0.05, 0) is 31.0 Å². The van der Waals surface area contributed by atoms with Crippen molar-refractivity contribution in [3.8, 4) is 0 Å². The molecule has 0 aliphatic carbocycles. The summed E-state index contributed by atoms with van der Waals surface area (Å²) >= 11 is 0. The van der Waals surface area contributed by atoms with Gasteiger partial charge in [-0.1, -0.05) is 12.1 Å². The molecule has 108 valence electrons. The van der Waals surface area contributed by atoms with Crippen molar-refractivity contribution in [2.45, 2.75) is 18.9 Å². The second-order valence-electron chi connectivity index (χ2n) is 4.46. The summed E-state index contributed by atoms with van der Waals surface area (Å²) in [6.07, 6.45) is -0.0893. The van der Waals surface area contributed by atoms with Crippen molar-refractivity contribution in [1.82, 2.24) is 4.72 Å². The molecule has 0 aromatic heterocycles. The maximum atomic E-state index is 12.8. The van der Waals surface area contributed by atoms with Crippen molar-refractivity contribution >= 4 is 10.0 Å². The van der Waals surface area contributed by atoms with Crippen LogP contribution in [0.5, 0.6) is 0 Å². The molecule has 1 aromatic carbocycles. The first-order valence-electron chi connectivity index (χ1n) is 5.78. The van der Waals surface area contributed by atoms with E-state index in [-0.39, 0.29) is 18.7 Å². The van der Waals surface area contributed by atoms with Crippen LogP contribution in [0.4, 0.5) is 8.78 Å². The second kappa shape index (κ2) is 6.40. The number of hydrogen-bond acceptors (Lipinski definition) is 3. The van der Waals surface area contributed by atoms with Crippen LogP contribution in [-0.2, 0) is 15.6 Å². The Morgan fingerprint density at radius 1 is 1.32 bits per heavy atom. The molecule has 1 atom stereocenters. The fraction of sp³-hybridized carbons (Fsp3) is 0.500.